The Labute approximate surface area is 159 Å². The van der Waals surface area contributed by atoms with Crippen molar-refractivity contribution in [3.05, 3.63) is 23.8 Å². The predicted octanol–water partition coefficient (Wildman–Crippen LogP) is 4.77. The van der Waals surface area contributed by atoms with Gasteiger partial charge in [0.05, 0.1) is 18.0 Å². The molecule has 2 rings (SSSR count). The minimum Gasteiger partial charge on any atom is -0.397 e. The monoisotopic (exact) mass is 360 g/mol. The number of ketones is 1. The third-order valence-electron chi connectivity index (χ3n) is 5.31. The zero-order valence-electron chi connectivity index (χ0n) is 17.0. The van der Waals surface area contributed by atoms with E-state index in [1.807, 2.05) is 0 Å². The van der Waals surface area contributed by atoms with Crippen molar-refractivity contribution < 1.29 is 9.53 Å². The number of methoxy groups -OCH3 is 1. The van der Waals surface area contributed by atoms with Gasteiger partial charge in [0.2, 0.25) is 0 Å². The van der Waals surface area contributed by atoms with Gasteiger partial charge in [-0.05, 0) is 43.4 Å². The number of nitrogen functional groups attached to an aromatic ring is 1. The number of rotatable bonds is 9. The molecule has 1 unspecified atom stereocenters. The summed E-state index contributed by atoms with van der Waals surface area (Å²) in [5.41, 5.74) is 9.56. The maximum atomic E-state index is 11.6. The third-order valence-corrected chi connectivity index (χ3v) is 5.31. The molecule has 0 bridgehead atoms. The highest BCUT2D eigenvalue weighted by Crippen LogP contribution is 2.34. The highest BCUT2D eigenvalue weighted by Gasteiger charge is 2.24. The molecule has 0 aliphatic heterocycles. The molecule has 0 saturated heterocycles. The lowest BCUT2D eigenvalue weighted by molar-refractivity contribution is -0.117. The molecule has 1 atom stereocenters. The number of carbonyl (C=O) groups excluding carboxylic acids is 1. The van der Waals surface area contributed by atoms with E-state index in [0.717, 1.165) is 23.5 Å². The molecule has 0 amide bonds. The number of hydrogen-bond donors (Lipinski definition) is 1. The molecule has 1 fully saturated rings. The van der Waals surface area contributed by atoms with Crippen LogP contribution in [0.15, 0.2) is 18.2 Å². The molecule has 4 heteroatoms. The van der Waals surface area contributed by atoms with Crippen molar-refractivity contribution in [2.75, 3.05) is 30.9 Å². The molecule has 2 N–H and O–H groups in total. The summed E-state index contributed by atoms with van der Waals surface area (Å²) in [5.74, 6) is 0.843. The number of ether oxygens (including phenoxy) is 1. The number of benzene rings is 1. The Morgan fingerprint density at radius 3 is 2.50 bits per heavy atom. The van der Waals surface area contributed by atoms with Crippen molar-refractivity contribution in [3.8, 4) is 0 Å². The van der Waals surface area contributed by atoms with Gasteiger partial charge in [-0.1, -0.05) is 39.2 Å². The number of hydrogen-bond acceptors (Lipinski definition) is 4. The quantitative estimate of drug-likeness (QED) is 0.644. The molecule has 1 aliphatic carbocycles. The molecule has 4 nitrogen and oxygen atoms in total. The van der Waals surface area contributed by atoms with E-state index in [2.05, 4.69) is 36.9 Å². The Morgan fingerprint density at radius 1 is 1.27 bits per heavy atom. The van der Waals surface area contributed by atoms with Gasteiger partial charge >= 0.3 is 0 Å². The van der Waals surface area contributed by atoms with Gasteiger partial charge in [0.25, 0.3) is 0 Å². The van der Waals surface area contributed by atoms with Gasteiger partial charge in [-0.15, -0.1) is 0 Å². The number of carbonyl (C=O) groups is 1. The molecule has 0 radical (unpaired) electrons. The Morgan fingerprint density at radius 2 is 1.96 bits per heavy atom. The molecule has 1 aliphatic rings. The van der Waals surface area contributed by atoms with Crippen molar-refractivity contribution in [3.63, 3.8) is 0 Å². The van der Waals surface area contributed by atoms with Gasteiger partial charge in [0, 0.05) is 32.0 Å². The average Bonchev–Trinajstić information content (AvgIpc) is 2.60. The first kappa shape index (κ1) is 20.8. The van der Waals surface area contributed by atoms with Crippen LogP contribution >= 0.6 is 0 Å². The Bertz CT molecular complexity index is 580. The van der Waals surface area contributed by atoms with Gasteiger partial charge < -0.3 is 20.2 Å². The molecule has 1 aromatic rings. The Hall–Kier alpha value is -1.55. The van der Waals surface area contributed by atoms with Crippen LogP contribution in [0.5, 0.6) is 0 Å². The normalized spacial score (nSPS) is 16.7. The van der Waals surface area contributed by atoms with E-state index in [0.29, 0.717) is 25.0 Å². The van der Waals surface area contributed by atoms with Crippen LogP contribution in [-0.2, 0) is 9.53 Å². The fourth-order valence-corrected chi connectivity index (χ4v) is 4.14. The minimum atomic E-state index is 0.0714. The van der Waals surface area contributed by atoms with Crippen molar-refractivity contribution in [2.45, 2.75) is 71.3 Å². The lowest BCUT2D eigenvalue weighted by Gasteiger charge is -2.38. The second-order valence-electron chi connectivity index (χ2n) is 8.21. The van der Waals surface area contributed by atoms with Gasteiger partial charge in [-0.2, -0.15) is 0 Å². The highest BCUT2D eigenvalue weighted by molar-refractivity contribution is 5.77. The molecule has 26 heavy (non-hydrogen) atoms. The number of Topliss-reactive ketones (excluding diaryl/α,β-unsaturated/α-hetero) is 1. The van der Waals surface area contributed by atoms with Crippen molar-refractivity contribution in [1.29, 1.82) is 0 Å². The molecule has 0 aromatic heterocycles. The van der Waals surface area contributed by atoms with E-state index in [1.165, 1.54) is 32.1 Å². The Kier molecular flexibility index (Phi) is 7.95. The first-order chi connectivity index (χ1) is 12.4. The average molecular weight is 361 g/mol. The van der Waals surface area contributed by atoms with Crippen molar-refractivity contribution in [1.82, 2.24) is 0 Å². The predicted molar refractivity (Wildman–Crippen MR) is 110 cm³/mol. The summed E-state index contributed by atoms with van der Waals surface area (Å²) in [5, 5.41) is 0. The fraction of sp³-hybridized carbons (Fsp3) is 0.682. The second kappa shape index (κ2) is 9.96. The van der Waals surface area contributed by atoms with Crippen LogP contribution in [0.2, 0.25) is 0 Å². The first-order valence-electron chi connectivity index (χ1n) is 10.1. The van der Waals surface area contributed by atoms with E-state index >= 15 is 0 Å². The highest BCUT2D eigenvalue weighted by atomic mass is 16.5. The smallest absolute Gasteiger partial charge is 0.130 e. The van der Waals surface area contributed by atoms with E-state index in [9.17, 15) is 4.79 Å². The van der Waals surface area contributed by atoms with E-state index in [1.54, 1.807) is 14.0 Å². The van der Waals surface area contributed by atoms with E-state index in [4.69, 9.17) is 10.5 Å². The van der Waals surface area contributed by atoms with Crippen LogP contribution in [0, 0.1) is 5.92 Å². The number of anilines is 2. The van der Waals surface area contributed by atoms with Crippen LogP contribution in [0.3, 0.4) is 0 Å². The lowest BCUT2D eigenvalue weighted by atomic mass is 9.91. The van der Waals surface area contributed by atoms with Gasteiger partial charge in [-0.25, -0.2) is 0 Å². The Balaban J connectivity index is 2.27. The summed E-state index contributed by atoms with van der Waals surface area (Å²) < 4.78 is 5.32. The summed E-state index contributed by atoms with van der Waals surface area (Å²) in [6.07, 6.45) is 6.97. The number of nitrogens with zero attached hydrogens (tertiary/aromatic N) is 1. The van der Waals surface area contributed by atoms with Crippen LogP contribution in [0.25, 0.3) is 0 Å². The van der Waals surface area contributed by atoms with Crippen LogP contribution in [0.1, 0.15) is 70.8 Å². The summed E-state index contributed by atoms with van der Waals surface area (Å²) in [7, 11) is 1.68. The molecule has 0 heterocycles. The lowest BCUT2D eigenvalue weighted by Crippen LogP contribution is -2.39. The van der Waals surface area contributed by atoms with E-state index < -0.39 is 0 Å². The topological polar surface area (TPSA) is 55.6 Å². The van der Waals surface area contributed by atoms with Gasteiger partial charge in [0.1, 0.15) is 5.78 Å². The molecular formula is C22H36N2O2. The van der Waals surface area contributed by atoms with Crippen molar-refractivity contribution in [2.24, 2.45) is 5.92 Å². The van der Waals surface area contributed by atoms with E-state index in [-0.39, 0.29) is 11.7 Å². The molecule has 0 spiro atoms. The molecule has 146 valence electrons. The standard InChI is InChI=1S/C22H36N2O2/c1-16(2)14-24(20-8-6-5-7-9-20)22-11-10-18(13-21(22)23)19(15-26-4)12-17(3)25/h10-11,13,16,19-20H,5-9,12,14-15,23H2,1-4H3. The zero-order valence-corrected chi connectivity index (χ0v) is 17.0. The first-order valence-corrected chi connectivity index (χ1v) is 10.1. The van der Waals surface area contributed by atoms with Crippen molar-refractivity contribution >= 4 is 17.2 Å². The minimum absolute atomic E-state index is 0.0714. The SMILES string of the molecule is COCC(CC(C)=O)c1ccc(N(CC(C)C)C2CCCCC2)c(N)c1. The maximum Gasteiger partial charge on any atom is 0.130 e. The maximum absolute atomic E-state index is 11.6. The summed E-state index contributed by atoms with van der Waals surface area (Å²) >= 11 is 0. The number of nitrogens with two attached hydrogens (primary N) is 1. The second-order valence-corrected chi connectivity index (χ2v) is 8.21. The third kappa shape index (κ3) is 5.73. The summed E-state index contributed by atoms with van der Waals surface area (Å²) in [6.45, 7) is 7.73. The molecular weight excluding hydrogens is 324 g/mol. The molecule has 1 saturated carbocycles. The van der Waals surface area contributed by atoms with Crippen LogP contribution in [0.4, 0.5) is 11.4 Å². The zero-order chi connectivity index (χ0) is 19.1. The van der Waals surface area contributed by atoms with Gasteiger partial charge in [-0.3, -0.25) is 0 Å². The summed E-state index contributed by atoms with van der Waals surface area (Å²) in [4.78, 5) is 14.1. The van der Waals surface area contributed by atoms with Crippen LogP contribution < -0.4 is 10.6 Å². The molecule has 1 aromatic carbocycles. The van der Waals surface area contributed by atoms with Gasteiger partial charge in [0.15, 0.2) is 0 Å². The largest absolute Gasteiger partial charge is 0.397 e. The fourth-order valence-electron chi connectivity index (χ4n) is 4.14. The van der Waals surface area contributed by atoms with Crippen LogP contribution in [-0.4, -0.2) is 32.1 Å². The summed E-state index contributed by atoms with van der Waals surface area (Å²) in [6, 6.07) is 6.93.